The fourth-order valence-electron chi connectivity index (χ4n) is 2.77. The number of hydrogen-bond donors (Lipinski definition) is 0. The molecule has 0 bridgehead atoms. The summed E-state index contributed by atoms with van der Waals surface area (Å²) in [6, 6.07) is 0. The van der Waals surface area contributed by atoms with E-state index in [4.69, 9.17) is 14.0 Å². The number of rotatable bonds is 3. The smallest absolute Gasteiger partial charge is 0.355 e. The van der Waals surface area contributed by atoms with E-state index in [0.29, 0.717) is 19.3 Å². The molecule has 1 heterocycles. The minimum Gasteiger partial charge on any atom is -0.464 e. The van der Waals surface area contributed by atoms with Crippen molar-refractivity contribution in [3.8, 4) is 0 Å². The summed E-state index contributed by atoms with van der Waals surface area (Å²) in [7, 11) is -0.695. The first-order valence-electron chi connectivity index (χ1n) is 8.05. The van der Waals surface area contributed by atoms with Crippen molar-refractivity contribution in [1.29, 1.82) is 0 Å². The SMILES string of the molecule is COC(=O)C1=NO[C@H]2CC(=O)C[C@H](O[Si](C)(C)C(C)(C)C)[C@H]2C1. The molecule has 0 aromatic heterocycles. The lowest BCUT2D eigenvalue weighted by Crippen LogP contribution is -2.52. The minimum absolute atomic E-state index is 0.0339. The summed E-state index contributed by atoms with van der Waals surface area (Å²) in [5, 5.41) is 3.90. The first kappa shape index (κ1) is 18.1. The van der Waals surface area contributed by atoms with Gasteiger partial charge in [0.15, 0.2) is 14.0 Å². The molecule has 7 heteroatoms. The van der Waals surface area contributed by atoms with Crippen LogP contribution in [0.4, 0.5) is 0 Å². The van der Waals surface area contributed by atoms with Gasteiger partial charge in [-0.25, -0.2) is 4.79 Å². The van der Waals surface area contributed by atoms with E-state index in [1.807, 2.05) is 0 Å². The van der Waals surface area contributed by atoms with E-state index in [1.165, 1.54) is 7.11 Å². The van der Waals surface area contributed by atoms with Crippen LogP contribution in [0.1, 0.15) is 40.0 Å². The third-order valence-electron chi connectivity index (χ3n) is 5.21. The maximum Gasteiger partial charge on any atom is 0.355 e. The number of esters is 1. The molecular formula is C16H27NO5Si. The standard InChI is InChI=1S/C16H27NO5Si/c1-16(2,3)23(5,6)22-14-8-10(18)7-13-11(14)9-12(17-21-13)15(19)20-4/h11,13-14H,7-9H2,1-6H3/t11-,13-,14-/m0/s1. The molecule has 130 valence electrons. The fourth-order valence-corrected chi connectivity index (χ4v) is 4.14. The number of Topliss-reactive ketones (excluding diaryl/α,β-unsaturated/α-hetero) is 1. The second-order valence-corrected chi connectivity index (χ2v) is 12.7. The van der Waals surface area contributed by atoms with Gasteiger partial charge in [-0.2, -0.15) is 0 Å². The third kappa shape index (κ3) is 3.83. The molecule has 1 saturated carbocycles. The van der Waals surface area contributed by atoms with Crippen molar-refractivity contribution in [3.63, 3.8) is 0 Å². The fraction of sp³-hybridized carbons (Fsp3) is 0.812. The number of hydrogen-bond acceptors (Lipinski definition) is 6. The molecular weight excluding hydrogens is 314 g/mol. The van der Waals surface area contributed by atoms with Crippen LogP contribution in [0.25, 0.3) is 0 Å². The minimum atomic E-state index is -2.02. The van der Waals surface area contributed by atoms with Gasteiger partial charge in [-0.3, -0.25) is 4.79 Å². The maximum absolute atomic E-state index is 12.1. The van der Waals surface area contributed by atoms with Gasteiger partial charge < -0.3 is 14.0 Å². The number of fused-ring (bicyclic) bond motifs is 1. The van der Waals surface area contributed by atoms with Crippen LogP contribution in [0, 0.1) is 5.92 Å². The molecule has 0 saturated heterocycles. The van der Waals surface area contributed by atoms with Crippen LogP contribution in [-0.4, -0.2) is 45.1 Å². The van der Waals surface area contributed by atoms with Crippen LogP contribution in [0.5, 0.6) is 0 Å². The maximum atomic E-state index is 12.1. The van der Waals surface area contributed by atoms with Crippen molar-refractivity contribution in [2.45, 2.75) is 70.4 Å². The lowest BCUT2D eigenvalue weighted by Gasteiger charge is -2.45. The van der Waals surface area contributed by atoms with Crippen LogP contribution in [-0.2, 0) is 23.6 Å². The Hall–Kier alpha value is -1.21. The number of carbonyl (C=O) groups excluding carboxylic acids is 2. The van der Waals surface area contributed by atoms with E-state index >= 15 is 0 Å². The lowest BCUT2D eigenvalue weighted by atomic mass is 9.79. The molecule has 0 aromatic rings. The number of nitrogens with zero attached hydrogens (tertiary/aromatic N) is 1. The Labute approximate surface area is 138 Å². The Bertz CT molecular complexity index is 523. The zero-order valence-corrected chi connectivity index (χ0v) is 15.8. The highest BCUT2D eigenvalue weighted by Gasteiger charge is 2.47. The number of ketones is 1. The third-order valence-corrected chi connectivity index (χ3v) is 9.72. The van der Waals surface area contributed by atoms with Gasteiger partial charge in [0.2, 0.25) is 0 Å². The van der Waals surface area contributed by atoms with Gasteiger partial charge in [-0.05, 0) is 18.1 Å². The van der Waals surface area contributed by atoms with Gasteiger partial charge in [-0.15, -0.1) is 0 Å². The van der Waals surface area contributed by atoms with Crippen LogP contribution in [0.3, 0.4) is 0 Å². The predicted molar refractivity (Wildman–Crippen MR) is 88.7 cm³/mol. The molecule has 0 N–H and O–H groups in total. The van der Waals surface area contributed by atoms with Crippen LogP contribution >= 0.6 is 0 Å². The van der Waals surface area contributed by atoms with Crippen molar-refractivity contribution < 1.29 is 23.6 Å². The van der Waals surface area contributed by atoms with Crippen molar-refractivity contribution >= 4 is 25.8 Å². The summed E-state index contributed by atoms with van der Waals surface area (Å²) in [6.07, 6.45) is 0.617. The molecule has 23 heavy (non-hydrogen) atoms. The predicted octanol–water partition coefficient (Wildman–Crippen LogP) is 2.67. The summed E-state index contributed by atoms with van der Waals surface area (Å²) in [4.78, 5) is 29.2. The summed E-state index contributed by atoms with van der Waals surface area (Å²) < 4.78 is 11.2. The normalized spacial score (nSPS) is 28.5. The Kier molecular flexibility index (Phi) is 5.01. The molecule has 2 rings (SSSR count). The van der Waals surface area contributed by atoms with Gasteiger partial charge in [-0.1, -0.05) is 25.9 Å². The Balaban J connectivity index is 2.20. The molecule has 0 unspecified atom stereocenters. The highest BCUT2D eigenvalue weighted by molar-refractivity contribution is 6.74. The average Bonchev–Trinajstić information content (AvgIpc) is 2.44. The molecule has 1 fully saturated rings. The van der Waals surface area contributed by atoms with E-state index in [2.05, 4.69) is 39.0 Å². The first-order chi connectivity index (χ1) is 10.5. The number of carbonyl (C=O) groups is 2. The van der Waals surface area contributed by atoms with Crippen LogP contribution < -0.4 is 0 Å². The summed E-state index contributed by atoms with van der Waals surface area (Å²) >= 11 is 0. The van der Waals surface area contributed by atoms with Gasteiger partial charge in [0.25, 0.3) is 0 Å². The van der Waals surface area contributed by atoms with Crippen molar-refractivity contribution in [3.05, 3.63) is 0 Å². The molecule has 0 spiro atoms. The highest BCUT2D eigenvalue weighted by atomic mass is 28.4. The number of ether oxygens (including phenoxy) is 1. The second kappa shape index (κ2) is 6.35. The Morgan fingerprint density at radius 1 is 1.26 bits per heavy atom. The molecule has 0 radical (unpaired) electrons. The van der Waals surface area contributed by atoms with Gasteiger partial charge in [0.05, 0.1) is 13.2 Å². The molecule has 0 amide bonds. The summed E-state index contributed by atoms with van der Waals surface area (Å²) in [6.45, 7) is 10.8. The van der Waals surface area contributed by atoms with Gasteiger partial charge in [0.1, 0.15) is 11.9 Å². The van der Waals surface area contributed by atoms with Crippen LogP contribution in [0.15, 0.2) is 5.16 Å². The molecule has 2 aliphatic rings. The van der Waals surface area contributed by atoms with E-state index in [9.17, 15) is 9.59 Å². The Morgan fingerprint density at radius 2 is 1.91 bits per heavy atom. The lowest BCUT2D eigenvalue weighted by molar-refractivity contribution is -0.138. The second-order valence-electron chi connectivity index (χ2n) is 7.90. The van der Waals surface area contributed by atoms with E-state index < -0.39 is 14.3 Å². The molecule has 0 aromatic carbocycles. The van der Waals surface area contributed by atoms with E-state index in [-0.39, 0.29) is 34.7 Å². The largest absolute Gasteiger partial charge is 0.464 e. The van der Waals surface area contributed by atoms with Crippen molar-refractivity contribution in [1.82, 2.24) is 0 Å². The Morgan fingerprint density at radius 3 is 2.48 bits per heavy atom. The van der Waals surface area contributed by atoms with E-state index in [0.717, 1.165) is 0 Å². The van der Waals surface area contributed by atoms with Gasteiger partial charge >= 0.3 is 5.97 Å². The molecule has 6 nitrogen and oxygen atoms in total. The monoisotopic (exact) mass is 341 g/mol. The highest BCUT2D eigenvalue weighted by Crippen LogP contribution is 2.41. The molecule has 1 aliphatic heterocycles. The molecule has 3 atom stereocenters. The number of oxime groups is 1. The van der Waals surface area contributed by atoms with Crippen molar-refractivity contribution in [2.75, 3.05) is 7.11 Å². The quantitative estimate of drug-likeness (QED) is 0.583. The summed E-state index contributed by atoms with van der Waals surface area (Å²) in [5.74, 6) is -0.383. The first-order valence-corrected chi connectivity index (χ1v) is 11.0. The number of methoxy groups -OCH3 is 1. The van der Waals surface area contributed by atoms with Crippen LogP contribution in [0.2, 0.25) is 18.1 Å². The topological polar surface area (TPSA) is 74.2 Å². The average molecular weight is 341 g/mol. The zero-order chi connectivity index (χ0) is 17.4. The van der Waals surface area contributed by atoms with Crippen molar-refractivity contribution in [2.24, 2.45) is 11.1 Å². The molecule has 1 aliphatic carbocycles. The zero-order valence-electron chi connectivity index (χ0n) is 14.8. The van der Waals surface area contributed by atoms with E-state index in [1.54, 1.807) is 0 Å². The van der Waals surface area contributed by atoms with Gasteiger partial charge in [0, 0.05) is 25.2 Å². The summed E-state index contributed by atoms with van der Waals surface area (Å²) in [5.41, 5.74) is 0.270.